The van der Waals surface area contributed by atoms with Gasteiger partial charge in [-0.1, -0.05) is 44.7 Å². The van der Waals surface area contributed by atoms with Crippen molar-refractivity contribution in [3.8, 4) is 0 Å². The molecule has 0 saturated carbocycles. The molecule has 0 amide bonds. The van der Waals surface area contributed by atoms with Crippen LogP contribution in [0.15, 0.2) is 46.6 Å². The molecule has 0 spiro atoms. The van der Waals surface area contributed by atoms with Gasteiger partial charge in [-0.15, -0.1) is 0 Å². The monoisotopic (exact) mass is 302 g/mol. The molecule has 0 fully saturated rings. The first-order valence-corrected chi connectivity index (χ1v) is 7.40. The van der Waals surface area contributed by atoms with Crippen LogP contribution in [-0.2, 0) is 10.2 Å². The molecule has 0 radical (unpaired) electrons. The standard InChI is InChI=1S/C16H18N2O2S/c1-16(2,3)11-5-7-12(8-6-11)21-14-10-17-9-13(18-14)15(19)20-4/h5-10H,1-4H3. The van der Waals surface area contributed by atoms with E-state index in [-0.39, 0.29) is 11.1 Å². The van der Waals surface area contributed by atoms with Gasteiger partial charge in [0, 0.05) is 4.90 Å². The Morgan fingerprint density at radius 1 is 1.14 bits per heavy atom. The fourth-order valence-electron chi connectivity index (χ4n) is 1.74. The molecule has 0 saturated heterocycles. The number of ether oxygens (including phenoxy) is 1. The van der Waals surface area contributed by atoms with Crippen molar-refractivity contribution >= 4 is 17.7 Å². The van der Waals surface area contributed by atoms with E-state index in [9.17, 15) is 4.79 Å². The summed E-state index contributed by atoms with van der Waals surface area (Å²) in [6.07, 6.45) is 3.04. The highest BCUT2D eigenvalue weighted by molar-refractivity contribution is 7.99. The quantitative estimate of drug-likeness (QED) is 0.809. The molecule has 1 aromatic heterocycles. The van der Waals surface area contributed by atoms with Gasteiger partial charge in [-0.3, -0.25) is 4.98 Å². The smallest absolute Gasteiger partial charge is 0.358 e. The molecule has 1 aromatic carbocycles. The fraction of sp³-hybridized carbons (Fsp3) is 0.312. The summed E-state index contributed by atoms with van der Waals surface area (Å²) in [5.41, 5.74) is 1.63. The van der Waals surface area contributed by atoms with Gasteiger partial charge in [0.1, 0.15) is 5.03 Å². The topological polar surface area (TPSA) is 52.1 Å². The third-order valence-electron chi connectivity index (χ3n) is 2.95. The van der Waals surface area contributed by atoms with E-state index < -0.39 is 5.97 Å². The zero-order valence-corrected chi connectivity index (χ0v) is 13.4. The largest absolute Gasteiger partial charge is 0.464 e. The van der Waals surface area contributed by atoms with Gasteiger partial charge < -0.3 is 4.74 Å². The molecule has 0 aliphatic carbocycles. The highest BCUT2D eigenvalue weighted by Gasteiger charge is 2.13. The van der Waals surface area contributed by atoms with Gasteiger partial charge in [0.25, 0.3) is 0 Å². The number of carbonyl (C=O) groups is 1. The maximum Gasteiger partial charge on any atom is 0.358 e. The number of methoxy groups -OCH3 is 1. The Balaban J connectivity index is 2.17. The molecule has 0 aliphatic heterocycles. The maximum absolute atomic E-state index is 11.4. The Morgan fingerprint density at radius 2 is 1.81 bits per heavy atom. The molecule has 0 bridgehead atoms. The van der Waals surface area contributed by atoms with Crippen molar-refractivity contribution in [2.75, 3.05) is 7.11 Å². The summed E-state index contributed by atoms with van der Waals surface area (Å²) < 4.78 is 4.64. The Bertz CT molecular complexity index is 633. The Morgan fingerprint density at radius 3 is 2.38 bits per heavy atom. The number of hydrogen-bond donors (Lipinski definition) is 0. The number of benzene rings is 1. The van der Waals surface area contributed by atoms with Crippen molar-refractivity contribution in [3.63, 3.8) is 0 Å². The van der Waals surface area contributed by atoms with Crippen LogP contribution in [0.25, 0.3) is 0 Å². The van der Waals surface area contributed by atoms with Gasteiger partial charge in [-0.05, 0) is 23.1 Å². The van der Waals surface area contributed by atoms with Crippen molar-refractivity contribution in [2.45, 2.75) is 36.1 Å². The lowest BCUT2D eigenvalue weighted by Crippen LogP contribution is -2.10. The normalized spacial score (nSPS) is 11.2. The number of esters is 1. The van der Waals surface area contributed by atoms with E-state index in [0.717, 1.165) is 4.90 Å². The Hall–Kier alpha value is -1.88. The van der Waals surface area contributed by atoms with E-state index in [2.05, 4.69) is 59.7 Å². The average Bonchev–Trinajstić information content (AvgIpc) is 2.46. The van der Waals surface area contributed by atoms with Crippen LogP contribution in [0.5, 0.6) is 0 Å². The molecule has 110 valence electrons. The van der Waals surface area contributed by atoms with Crippen molar-refractivity contribution in [3.05, 3.63) is 47.9 Å². The number of carbonyl (C=O) groups excluding carboxylic acids is 1. The maximum atomic E-state index is 11.4. The first kappa shape index (κ1) is 15.5. The molecular formula is C16H18N2O2S. The molecule has 0 atom stereocenters. The van der Waals surface area contributed by atoms with Gasteiger partial charge in [-0.2, -0.15) is 0 Å². The Labute approximate surface area is 129 Å². The summed E-state index contributed by atoms with van der Waals surface area (Å²) in [5.74, 6) is -0.479. The molecular weight excluding hydrogens is 284 g/mol. The van der Waals surface area contributed by atoms with E-state index in [1.165, 1.54) is 30.6 Å². The lowest BCUT2D eigenvalue weighted by Gasteiger charge is -2.18. The second-order valence-electron chi connectivity index (χ2n) is 5.61. The van der Waals surface area contributed by atoms with E-state index in [0.29, 0.717) is 5.03 Å². The van der Waals surface area contributed by atoms with Gasteiger partial charge in [-0.25, -0.2) is 9.78 Å². The van der Waals surface area contributed by atoms with Gasteiger partial charge >= 0.3 is 5.97 Å². The molecule has 21 heavy (non-hydrogen) atoms. The second kappa shape index (κ2) is 6.26. The van der Waals surface area contributed by atoms with E-state index in [4.69, 9.17) is 0 Å². The molecule has 1 heterocycles. The van der Waals surface area contributed by atoms with E-state index >= 15 is 0 Å². The minimum absolute atomic E-state index is 0.133. The van der Waals surface area contributed by atoms with Crippen molar-refractivity contribution in [2.24, 2.45) is 0 Å². The van der Waals surface area contributed by atoms with E-state index in [1.807, 2.05) is 0 Å². The van der Waals surface area contributed by atoms with Crippen molar-refractivity contribution in [1.82, 2.24) is 9.97 Å². The minimum atomic E-state index is -0.479. The molecule has 0 N–H and O–H groups in total. The third kappa shape index (κ3) is 4.04. The zero-order valence-electron chi connectivity index (χ0n) is 12.6. The van der Waals surface area contributed by atoms with Crippen molar-refractivity contribution in [1.29, 1.82) is 0 Å². The van der Waals surface area contributed by atoms with Crippen LogP contribution in [0.1, 0.15) is 36.8 Å². The molecule has 2 aromatic rings. The highest BCUT2D eigenvalue weighted by atomic mass is 32.2. The lowest BCUT2D eigenvalue weighted by molar-refractivity contribution is 0.0592. The summed E-state index contributed by atoms with van der Waals surface area (Å²) in [4.78, 5) is 20.8. The van der Waals surface area contributed by atoms with Crippen LogP contribution in [0, 0.1) is 0 Å². The third-order valence-corrected chi connectivity index (χ3v) is 3.86. The zero-order chi connectivity index (χ0) is 15.5. The molecule has 2 rings (SSSR count). The van der Waals surface area contributed by atoms with Crippen LogP contribution in [0.2, 0.25) is 0 Å². The summed E-state index contributed by atoms with van der Waals surface area (Å²) in [6, 6.07) is 8.33. The SMILES string of the molecule is COC(=O)c1cncc(Sc2ccc(C(C)(C)C)cc2)n1. The highest BCUT2D eigenvalue weighted by Crippen LogP contribution is 2.29. The van der Waals surface area contributed by atoms with E-state index in [1.54, 1.807) is 6.20 Å². The Kier molecular flexibility index (Phi) is 4.63. The minimum Gasteiger partial charge on any atom is -0.464 e. The predicted octanol–water partition coefficient (Wildman–Crippen LogP) is 3.71. The lowest BCUT2D eigenvalue weighted by atomic mass is 9.87. The van der Waals surface area contributed by atoms with Crippen molar-refractivity contribution < 1.29 is 9.53 Å². The summed E-state index contributed by atoms with van der Waals surface area (Å²) in [6.45, 7) is 6.54. The predicted molar refractivity (Wildman–Crippen MR) is 82.6 cm³/mol. The number of hydrogen-bond acceptors (Lipinski definition) is 5. The van der Waals surface area contributed by atoms with Crippen LogP contribution >= 0.6 is 11.8 Å². The van der Waals surface area contributed by atoms with Crippen LogP contribution in [0.3, 0.4) is 0 Å². The van der Waals surface area contributed by atoms with Gasteiger partial charge in [0.05, 0.1) is 19.5 Å². The first-order chi connectivity index (χ1) is 9.90. The number of nitrogens with zero attached hydrogens (tertiary/aromatic N) is 2. The van der Waals surface area contributed by atoms with Crippen LogP contribution < -0.4 is 0 Å². The van der Waals surface area contributed by atoms with Crippen LogP contribution in [-0.4, -0.2) is 23.0 Å². The fourth-order valence-corrected chi connectivity index (χ4v) is 2.52. The molecule has 4 nitrogen and oxygen atoms in total. The number of aromatic nitrogens is 2. The van der Waals surface area contributed by atoms with Crippen LogP contribution in [0.4, 0.5) is 0 Å². The average molecular weight is 302 g/mol. The summed E-state index contributed by atoms with van der Waals surface area (Å²) in [7, 11) is 1.33. The molecule has 0 aliphatic rings. The molecule has 5 heteroatoms. The number of rotatable bonds is 3. The first-order valence-electron chi connectivity index (χ1n) is 6.59. The second-order valence-corrected chi connectivity index (χ2v) is 6.70. The molecule has 0 unspecified atom stereocenters. The summed E-state index contributed by atoms with van der Waals surface area (Å²) >= 11 is 1.47. The van der Waals surface area contributed by atoms with Gasteiger partial charge in [0.15, 0.2) is 5.69 Å². The summed E-state index contributed by atoms with van der Waals surface area (Å²) in [5, 5.41) is 0.668. The van der Waals surface area contributed by atoms with Gasteiger partial charge in [0.2, 0.25) is 0 Å².